The predicted molar refractivity (Wildman–Crippen MR) is 76.9 cm³/mol. The zero-order valence-electron chi connectivity index (χ0n) is 11.4. The molecule has 1 unspecified atom stereocenters. The number of carbonyl (C=O) groups is 1. The maximum atomic E-state index is 11.5. The number of nitrogen functional groups attached to an aromatic ring is 1. The number of nitrogens with one attached hydrogen (secondary N) is 1. The van der Waals surface area contributed by atoms with E-state index in [0.29, 0.717) is 11.0 Å². The Balaban J connectivity index is 2.01. The Morgan fingerprint density at radius 3 is 3.16 bits per heavy atom. The van der Waals surface area contributed by atoms with E-state index in [1.165, 1.54) is 6.42 Å². The Hall–Kier alpha value is -0.980. The van der Waals surface area contributed by atoms with E-state index < -0.39 is 0 Å². The van der Waals surface area contributed by atoms with E-state index >= 15 is 0 Å². The average molecular weight is 283 g/mol. The van der Waals surface area contributed by atoms with E-state index in [1.807, 2.05) is 24.8 Å². The van der Waals surface area contributed by atoms with Crippen molar-refractivity contribution in [3.8, 4) is 0 Å². The SMILES string of the molecule is CCC1CN(Cc2cc(C)c(C(=O)NN)o2)CCS1. The first-order valence-electron chi connectivity index (χ1n) is 6.58. The van der Waals surface area contributed by atoms with E-state index in [0.717, 1.165) is 36.7 Å². The van der Waals surface area contributed by atoms with Gasteiger partial charge in [-0.3, -0.25) is 15.1 Å². The average Bonchev–Trinajstić information content (AvgIpc) is 2.79. The molecule has 0 aromatic carbocycles. The largest absolute Gasteiger partial charge is 0.454 e. The van der Waals surface area contributed by atoms with Crippen molar-refractivity contribution in [3.05, 3.63) is 23.2 Å². The summed E-state index contributed by atoms with van der Waals surface area (Å²) < 4.78 is 5.60. The Labute approximate surface area is 117 Å². The monoisotopic (exact) mass is 283 g/mol. The number of hydrazine groups is 1. The fourth-order valence-corrected chi connectivity index (χ4v) is 3.56. The minimum Gasteiger partial charge on any atom is -0.454 e. The number of thioether (sulfide) groups is 1. The minimum atomic E-state index is -0.371. The van der Waals surface area contributed by atoms with Gasteiger partial charge < -0.3 is 4.42 Å². The molecule has 1 amide bonds. The van der Waals surface area contributed by atoms with Crippen LogP contribution in [0.2, 0.25) is 0 Å². The van der Waals surface area contributed by atoms with Crippen molar-refractivity contribution in [2.45, 2.75) is 32.1 Å². The van der Waals surface area contributed by atoms with Crippen LogP contribution in [0.25, 0.3) is 0 Å². The van der Waals surface area contributed by atoms with E-state index in [4.69, 9.17) is 10.3 Å². The van der Waals surface area contributed by atoms with E-state index in [2.05, 4.69) is 17.2 Å². The molecule has 1 aromatic rings. The Morgan fingerprint density at radius 1 is 1.68 bits per heavy atom. The van der Waals surface area contributed by atoms with Crippen LogP contribution in [0.5, 0.6) is 0 Å². The molecule has 0 aliphatic carbocycles. The number of nitrogens with zero attached hydrogens (tertiary/aromatic N) is 1. The minimum absolute atomic E-state index is 0.316. The summed E-state index contributed by atoms with van der Waals surface area (Å²) in [5.41, 5.74) is 2.94. The molecule has 5 nitrogen and oxygen atoms in total. The highest BCUT2D eigenvalue weighted by atomic mass is 32.2. The number of furan rings is 1. The molecular formula is C13H21N3O2S. The van der Waals surface area contributed by atoms with Crippen molar-refractivity contribution in [2.75, 3.05) is 18.8 Å². The van der Waals surface area contributed by atoms with Gasteiger partial charge in [0, 0.05) is 29.7 Å². The highest BCUT2D eigenvalue weighted by molar-refractivity contribution is 8.00. The molecule has 19 heavy (non-hydrogen) atoms. The lowest BCUT2D eigenvalue weighted by atomic mass is 10.2. The zero-order valence-corrected chi connectivity index (χ0v) is 12.3. The van der Waals surface area contributed by atoms with Crippen molar-refractivity contribution in [3.63, 3.8) is 0 Å². The van der Waals surface area contributed by atoms with Gasteiger partial charge in [0.25, 0.3) is 0 Å². The lowest BCUT2D eigenvalue weighted by Crippen LogP contribution is -2.36. The summed E-state index contributed by atoms with van der Waals surface area (Å²) in [5.74, 6) is 7.07. The van der Waals surface area contributed by atoms with Crippen LogP contribution in [0.4, 0.5) is 0 Å². The van der Waals surface area contributed by atoms with Gasteiger partial charge in [0.2, 0.25) is 0 Å². The van der Waals surface area contributed by atoms with Gasteiger partial charge in [0.1, 0.15) is 5.76 Å². The molecule has 3 N–H and O–H groups in total. The summed E-state index contributed by atoms with van der Waals surface area (Å²) in [6.07, 6.45) is 1.19. The molecule has 1 saturated heterocycles. The Bertz CT molecular complexity index is 447. The van der Waals surface area contributed by atoms with Gasteiger partial charge in [-0.15, -0.1) is 0 Å². The predicted octanol–water partition coefficient (Wildman–Crippen LogP) is 1.52. The summed E-state index contributed by atoms with van der Waals surface area (Å²) in [7, 11) is 0. The maximum Gasteiger partial charge on any atom is 0.301 e. The number of carbonyl (C=O) groups excluding carboxylic acids is 1. The van der Waals surface area contributed by atoms with Crippen LogP contribution in [0, 0.1) is 6.92 Å². The van der Waals surface area contributed by atoms with Gasteiger partial charge in [0.05, 0.1) is 6.54 Å². The lowest BCUT2D eigenvalue weighted by molar-refractivity contribution is 0.0921. The molecule has 106 valence electrons. The van der Waals surface area contributed by atoms with Crippen molar-refractivity contribution >= 4 is 17.7 Å². The molecule has 2 rings (SSSR count). The third-order valence-electron chi connectivity index (χ3n) is 3.36. The van der Waals surface area contributed by atoms with Gasteiger partial charge in [-0.05, 0) is 19.4 Å². The molecule has 0 radical (unpaired) electrons. The van der Waals surface area contributed by atoms with E-state index in [9.17, 15) is 4.79 Å². The van der Waals surface area contributed by atoms with E-state index in [1.54, 1.807) is 0 Å². The first-order valence-corrected chi connectivity index (χ1v) is 7.63. The number of aryl methyl sites for hydroxylation is 1. The first-order chi connectivity index (χ1) is 9.13. The summed E-state index contributed by atoms with van der Waals surface area (Å²) >= 11 is 2.04. The number of nitrogens with two attached hydrogens (primary N) is 1. The third-order valence-corrected chi connectivity index (χ3v) is 4.74. The second-order valence-corrected chi connectivity index (χ2v) is 6.24. The van der Waals surface area contributed by atoms with E-state index in [-0.39, 0.29) is 5.91 Å². The molecule has 1 aliphatic rings. The van der Waals surface area contributed by atoms with Crippen molar-refractivity contribution in [1.82, 2.24) is 10.3 Å². The fourth-order valence-electron chi connectivity index (χ4n) is 2.31. The fraction of sp³-hybridized carbons (Fsp3) is 0.615. The second-order valence-electron chi connectivity index (χ2n) is 4.83. The van der Waals surface area contributed by atoms with Crippen LogP contribution in [0.15, 0.2) is 10.5 Å². The number of amides is 1. The first kappa shape index (κ1) is 14.4. The highest BCUT2D eigenvalue weighted by Crippen LogP contribution is 2.23. The van der Waals surface area contributed by atoms with Crippen LogP contribution in [0.3, 0.4) is 0 Å². The van der Waals surface area contributed by atoms with Crippen LogP contribution in [0.1, 0.15) is 35.2 Å². The molecule has 0 saturated carbocycles. The van der Waals surface area contributed by atoms with Crippen LogP contribution >= 0.6 is 11.8 Å². The molecule has 6 heteroatoms. The third kappa shape index (κ3) is 3.52. The lowest BCUT2D eigenvalue weighted by Gasteiger charge is -2.31. The topological polar surface area (TPSA) is 71.5 Å². The van der Waals surface area contributed by atoms with Crippen LogP contribution in [-0.4, -0.2) is 34.9 Å². The summed E-state index contributed by atoms with van der Waals surface area (Å²) in [6.45, 7) is 6.99. The van der Waals surface area contributed by atoms with Crippen molar-refractivity contribution < 1.29 is 9.21 Å². The van der Waals surface area contributed by atoms with Crippen molar-refractivity contribution in [2.24, 2.45) is 5.84 Å². The second kappa shape index (κ2) is 6.45. The van der Waals surface area contributed by atoms with Gasteiger partial charge >= 0.3 is 5.91 Å². The molecule has 0 bridgehead atoms. The van der Waals surface area contributed by atoms with Gasteiger partial charge in [-0.25, -0.2) is 5.84 Å². The highest BCUT2D eigenvalue weighted by Gasteiger charge is 2.21. The summed E-state index contributed by atoms with van der Waals surface area (Å²) in [4.78, 5) is 13.9. The molecule has 1 aromatic heterocycles. The summed E-state index contributed by atoms with van der Waals surface area (Å²) in [5, 5.41) is 0.705. The van der Waals surface area contributed by atoms with Gasteiger partial charge in [0.15, 0.2) is 5.76 Å². The standard InChI is InChI=1S/C13H21N3O2S/c1-3-11-8-16(4-5-19-11)7-10-6-9(2)12(18-10)13(17)15-14/h6,11H,3-5,7-8,14H2,1-2H3,(H,15,17). The van der Waals surface area contributed by atoms with Crippen LogP contribution < -0.4 is 11.3 Å². The van der Waals surface area contributed by atoms with Crippen molar-refractivity contribution in [1.29, 1.82) is 0 Å². The zero-order chi connectivity index (χ0) is 13.8. The molecule has 2 heterocycles. The van der Waals surface area contributed by atoms with Gasteiger partial charge in [-0.2, -0.15) is 11.8 Å². The molecular weight excluding hydrogens is 262 g/mol. The summed E-state index contributed by atoms with van der Waals surface area (Å²) in [6, 6.07) is 1.92. The smallest absolute Gasteiger partial charge is 0.301 e. The molecule has 0 spiro atoms. The molecule has 1 fully saturated rings. The quantitative estimate of drug-likeness (QED) is 0.498. The molecule has 1 aliphatic heterocycles. The Kier molecular flexibility index (Phi) is 4.90. The number of hydrogen-bond acceptors (Lipinski definition) is 5. The van der Waals surface area contributed by atoms with Crippen LogP contribution in [-0.2, 0) is 6.54 Å². The number of rotatable bonds is 4. The molecule has 1 atom stereocenters. The number of hydrogen-bond donors (Lipinski definition) is 2. The normalized spacial score (nSPS) is 20.5. The van der Waals surface area contributed by atoms with Gasteiger partial charge in [-0.1, -0.05) is 6.92 Å². The Morgan fingerprint density at radius 2 is 2.47 bits per heavy atom. The maximum absolute atomic E-state index is 11.5.